The van der Waals surface area contributed by atoms with Gasteiger partial charge in [-0.2, -0.15) is 0 Å². The topological polar surface area (TPSA) is 98.2 Å². The zero-order chi connectivity index (χ0) is 23.1. The standard InChI is InChI=1S/C24H28N2O6/c1-4-31-16-10-11-17(19(15-16)32-5-2)22(27)20-21(18-9-6-7-12-25-18)26(13-8-14-30-3)24(29)23(20)28/h6-7,9-12,15,21,27H,4-5,8,13-14H2,1-3H3/b22-20-. The van der Waals surface area contributed by atoms with Crippen LogP contribution in [0.1, 0.15) is 37.6 Å². The van der Waals surface area contributed by atoms with Gasteiger partial charge in [0.25, 0.3) is 11.7 Å². The maximum Gasteiger partial charge on any atom is 0.295 e. The number of likely N-dealkylation sites (tertiary alicyclic amines) is 1. The summed E-state index contributed by atoms with van der Waals surface area (Å²) in [6.45, 7) is 5.24. The number of carbonyl (C=O) groups is 2. The molecule has 3 rings (SSSR count). The molecule has 1 amide bonds. The number of aliphatic hydroxyl groups excluding tert-OH is 1. The third kappa shape index (κ3) is 4.75. The van der Waals surface area contributed by atoms with Crippen molar-refractivity contribution in [2.24, 2.45) is 0 Å². The minimum Gasteiger partial charge on any atom is -0.507 e. The fourth-order valence-electron chi connectivity index (χ4n) is 3.71. The average Bonchev–Trinajstić information content (AvgIpc) is 3.05. The fourth-order valence-corrected chi connectivity index (χ4v) is 3.71. The van der Waals surface area contributed by atoms with E-state index in [-0.39, 0.29) is 17.9 Å². The number of aromatic nitrogens is 1. The first kappa shape index (κ1) is 23.3. The van der Waals surface area contributed by atoms with Crippen LogP contribution in [0.4, 0.5) is 0 Å². The van der Waals surface area contributed by atoms with E-state index in [1.165, 1.54) is 4.90 Å². The Bertz CT molecular complexity index is 989. The van der Waals surface area contributed by atoms with Crippen molar-refractivity contribution in [1.29, 1.82) is 0 Å². The van der Waals surface area contributed by atoms with Gasteiger partial charge in [-0.25, -0.2) is 0 Å². The second kappa shape index (κ2) is 10.8. The predicted octanol–water partition coefficient (Wildman–Crippen LogP) is 3.34. The highest BCUT2D eigenvalue weighted by molar-refractivity contribution is 6.46. The van der Waals surface area contributed by atoms with E-state index in [0.717, 1.165) is 0 Å². The molecule has 1 fully saturated rings. The minimum atomic E-state index is -0.811. The van der Waals surface area contributed by atoms with Crippen LogP contribution in [-0.2, 0) is 14.3 Å². The van der Waals surface area contributed by atoms with Crippen molar-refractivity contribution in [3.05, 3.63) is 59.4 Å². The van der Waals surface area contributed by atoms with E-state index in [4.69, 9.17) is 14.2 Å². The van der Waals surface area contributed by atoms with E-state index in [1.807, 2.05) is 13.8 Å². The summed E-state index contributed by atoms with van der Waals surface area (Å²) in [5, 5.41) is 11.3. The monoisotopic (exact) mass is 440 g/mol. The zero-order valence-corrected chi connectivity index (χ0v) is 18.5. The number of aliphatic hydroxyl groups is 1. The highest BCUT2D eigenvalue weighted by Gasteiger charge is 2.46. The summed E-state index contributed by atoms with van der Waals surface area (Å²) < 4.78 is 16.3. The molecule has 8 heteroatoms. The Labute approximate surface area is 187 Å². The summed E-state index contributed by atoms with van der Waals surface area (Å²) in [7, 11) is 1.57. The Kier molecular flexibility index (Phi) is 7.83. The molecule has 170 valence electrons. The van der Waals surface area contributed by atoms with Gasteiger partial charge in [-0.05, 0) is 44.5 Å². The van der Waals surface area contributed by atoms with E-state index in [2.05, 4.69) is 4.98 Å². The molecule has 0 radical (unpaired) electrons. The van der Waals surface area contributed by atoms with E-state index >= 15 is 0 Å². The molecule has 0 spiro atoms. The number of amides is 1. The van der Waals surface area contributed by atoms with Crippen LogP contribution in [0.3, 0.4) is 0 Å². The number of pyridine rings is 1. The summed E-state index contributed by atoms with van der Waals surface area (Å²) >= 11 is 0. The Morgan fingerprint density at radius 3 is 2.56 bits per heavy atom. The van der Waals surface area contributed by atoms with Crippen LogP contribution < -0.4 is 9.47 Å². The molecule has 1 aromatic carbocycles. The molecule has 1 N–H and O–H groups in total. The Balaban J connectivity index is 2.13. The fraction of sp³-hybridized carbons (Fsp3) is 0.375. The van der Waals surface area contributed by atoms with Crippen molar-refractivity contribution in [1.82, 2.24) is 9.88 Å². The molecule has 1 aliphatic heterocycles. The molecule has 2 aromatic rings. The van der Waals surface area contributed by atoms with Crippen LogP contribution in [0.5, 0.6) is 11.5 Å². The van der Waals surface area contributed by atoms with Gasteiger partial charge in [0.05, 0.1) is 30.0 Å². The van der Waals surface area contributed by atoms with Crippen LogP contribution in [0.2, 0.25) is 0 Å². The first-order valence-corrected chi connectivity index (χ1v) is 10.6. The van der Waals surface area contributed by atoms with Gasteiger partial charge in [0.2, 0.25) is 0 Å². The predicted molar refractivity (Wildman–Crippen MR) is 119 cm³/mol. The highest BCUT2D eigenvalue weighted by atomic mass is 16.5. The van der Waals surface area contributed by atoms with Gasteiger partial charge in [0.1, 0.15) is 23.3 Å². The maximum absolute atomic E-state index is 13.1. The summed E-state index contributed by atoms with van der Waals surface area (Å²) in [5.41, 5.74) is 0.789. The molecule has 1 aliphatic rings. The van der Waals surface area contributed by atoms with Gasteiger partial charge in [-0.1, -0.05) is 6.07 Å². The largest absolute Gasteiger partial charge is 0.507 e. The molecule has 0 bridgehead atoms. The van der Waals surface area contributed by atoms with E-state index in [9.17, 15) is 14.7 Å². The highest BCUT2D eigenvalue weighted by Crippen LogP contribution is 2.41. The Morgan fingerprint density at radius 1 is 1.12 bits per heavy atom. The molecular formula is C24H28N2O6. The molecule has 8 nitrogen and oxygen atoms in total. The van der Waals surface area contributed by atoms with Crippen molar-refractivity contribution in [3.63, 3.8) is 0 Å². The van der Waals surface area contributed by atoms with Gasteiger partial charge < -0.3 is 24.2 Å². The molecule has 1 saturated heterocycles. The number of benzene rings is 1. The second-order valence-electron chi connectivity index (χ2n) is 7.12. The van der Waals surface area contributed by atoms with Crippen molar-refractivity contribution in [2.45, 2.75) is 26.3 Å². The molecule has 2 heterocycles. The normalized spacial score (nSPS) is 17.6. The molecular weight excluding hydrogens is 412 g/mol. The number of methoxy groups -OCH3 is 1. The van der Waals surface area contributed by atoms with Gasteiger partial charge in [-0.3, -0.25) is 14.6 Å². The average molecular weight is 440 g/mol. The van der Waals surface area contributed by atoms with E-state index in [1.54, 1.807) is 49.7 Å². The van der Waals surface area contributed by atoms with Crippen molar-refractivity contribution < 1.29 is 28.9 Å². The lowest BCUT2D eigenvalue weighted by molar-refractivity contribution is -0.140. The third-order valence-electron chi connectivity index (χ3n) is 5.07. The second-order valence-corrected chi connectivity index (χ2v) is 7.12. The number of ketones is 1. The smallest absolute Gasteiger partial charge is 0.295 e. The lowest BCUT2D eigenvalue weighted by Crippen LogP contribution is -2.31. The Morgan fingerprint density at radius 2 is 1.91 bits per heavy atom. The van der Waals surface area contributed by atoms with Gasteiger partial charge in [0, 0.05) is 32.5 Å². The maximum atomic E-state index is 13.1. The van der Waals surface area contributed by atoms with Crippen LogP contribution in [0.15, 0.2) is 48.2 Å². The number of nitrogens with zero attached hydrogens (tertiary/aromatic N) is 2. The van der Waals surface area contributed by atoms with Gasteiger partial charge in [-0.15, -0.1) is 0 Å². The molecule has 1 aromatic heterocycles. The van der Waals surface area contributed by atoms with Crippen LogP contribution in [0.25, 0.3) is 5.76 Å². The zero-order valence-electron chi connectivity index (χ0n) is 18.5. The third-order valence-corrected chi connectivity index (χ3v) is 5.07. The van der Waals surface area contributed by atoms with E-state index < -0.39 is 17.7 Å². The van der Waals surface area contributed by atoms with Crippen molar-refractivity contribution in [2.75, 3.05) is 33.5 Å². The SMILES string of the molecule is CCOc1ccc(/C(O)=C2/C(=O)C(=O)N(CCCOC)C2c2ccccn2)c(OCC)c1. The summed E-state index contributed by atoms with van der Waals surface area (Å²) in [5.74, 6) is -0.802. The van der Waals surface area contributed by atoms with E-state index in [0.29, 0.717) is 49.0 Å². The number of Topliss-reactive ketones (excluding diaryl/α,β-unsaturated/α-hetero) is 1. The lowest BCUT2D eigenvalue weighted by atomic mass is 9.97. The molecule has 1 atom stereocenters. The Hall–Kier alpha value is -3.39. The number of ether oxygens (including phenoxy) is 3. The molecule has 0 aliphatic carbocycles. The van der Waals surface area contributed by atoms with Gasteiger partial charge in [0.15, 0.2) is 0 Å². The lowest BCUT2D eigenvalue weighted by Gasteiger charge is -2.24. The molecule has 32 heavy (non-hydrogen) atoms. The first-order valence-electron chi connectivity index (χ1n) is 10.6. The molecule has 0 saturated carbocycles. The number of rotatable bonds is 10. The van der Waals surface area contributed by atoms with Crippen LogP contribution in [0, 0.1) is 0 Å². The summed E-state index contributed by atoms with van der Waals surface area (Å²) in [6.07, 6.45) is 2.13. The summed E-state index contributed by atoms with van der Waals surface area (Å²) in [4.78, 5) is 31.7. The van der Waals surface area contributed by atoms with Crippen molar-refractivity contribution >= 4 is 17.4 Å². The molecule has 1 unspecified atom stereocenters. The van der Waals surface area contributed by atoms with Gasteiger partial charge >= 0.3 is 0 Å². The van der Waals surface area contributed by atoms with Crippen LogP contribution in [-0.4, -0.2) is 60.2 Å². The van der Waals surface area contributed by atoms with Crippen LogP contribution >= 0.6 is 0 Å². The number of carbonyl (C=O) groups excluding carboxylic acids is 2. The quantitative estimate of drug-likeness (QED) is 0.262. The van der Waals surface area contributed by atoms with Crippen molar-refractivity contribution in [3.8, 4) is 11.5 Å². The number of hydrogen-bond donors (Lipinski definition) is 1. The first-order chi connectivity index (χ1) is 15.5. The summed E-state index contributed by atoms with van der Waals surface area (Å²) in [6, 6.07) is 9.42. The minimum absolute atomic E-state index is 0.0174. The number of hydrogen-bond acceptors (Lipinski definition) is 7.